The van der Waals surface area contributed by atoms with Crippen molar-refractivity contribution in [1.82, 2.24) is 5.32 Å². The lowest BCUT2D eigenvalue weighted by molar-refractivity contribution is -0.143. The topological polar surface area (TPSA) is 95.9 Å². The van der Waals surface area contributed by atoms with Crippen LogP contribution in [0.5, 0.6) is 0 Å². The largest absolute Gasteiger partial charge is 0.466 e. The van der Waals surface area contributed by atoms with Gasteiger partial charge in [0.25, 0.3) is 0 Å². The summed E-state index contributed by atoms with van der Waals surface area (Å²) in [4.78, 5) is 24.4. The van der Waals surface area contributed by atoms with Crippen molar-refractivity contribution in [2.75, 3.05) is 13.2 Å². The van der Waals surface area contributed by atoms with Gasteiger partial charge in [0.2, 0.25) is 5.91 Å². The summed E-state index contributed by atoms with van der Waals surface area (Å²) in [6.45, 7) is 4.78. The molecule has 2 unspecified atom stereocenters. The van der Waals surface area contributed by atoms with E-state index in [-0.39, 0.29) is 18.5 Å². The highest BCUT2D eigenvalue weighted by molar-refractivity contribution is 5.76. The first-order chi connectivity index (χ1) is 26.0. The Morgan fingerprint density at radius 2 is 0.981 bits per heavy atom. The van der Waals surface area contributed by atoms with Crippen LogP contribution in [-0.2, 0) is 14.3 Å². The van der Waals surface area contributed by atoms with Crippen LogP contribution < -0.4 is 5.32 Å². The summed E-state index contributed by atoms with van der Waals surface area (Å²) in [6, 6.07) is -0.562. The molecule has 0 rings (SSSR count). The van der Waals surface area contributed by atoms with Crippen molar-refractivity contribution in [2.45, 2.75) is 238 Å². The van der Waals surface area contributed by atoms with Crippen LogP contribution in [-0.4, -0.2) is 47.4 Å². The minimum Gasteiger partial charge on any atom is -0.466 e. The average molecular weight is 746 g/mol. The molecule has 53 heavy (non-hydrogen) atoms. The molecule has 0 heterocycles. The van der Waals surface area contributed by atoms with Crippen molar-refractivity contribution < 1.29 is 24.5 Å². The number of hydrogen-bond donors (Lipinski definition) is 3. The fraction of sp³-hybridized carbons (Fsp3) is 0.830. The number of ether oxygens (including phenoxy) is 1. The molecule has 310 valence electrons. The lowest BCUT2D eigenvalue weighted by atomic mass is 10.0. The molecule has 6 nitrogen and oxygen atoms in total. The van der Waals surface area contributed by atoms with E-state index in [2.05, 4.69) is 55.6 Å². The molecule has 0 spiro atoms. The van der Waals surface area contributed by atoms with Crippen molar-refractivity contribution in [2.24, 2.45) is 0 Å². The molecule has 6 heteroatoms. The smallest absolute Gasteiger partial charge is 0.305 e. The number of aliphatic hydroxyl groups excluding tert-OH is 2. The standard InChI is InChI=1S/C47H87NO5/c1-3-5-7-9-11-13-15-17-21-25-29-33-37-41-47(52)53-42-38-34-30-26-22-18-20-24-28-32-36-40-46(51)48-44(43-49)45(50)39-35-31-27-23-19-16-14-12-10-8-6-4-2/h7,9,13,15,22,26,44-45,49-50H,3-6,8,10-12,14,16-21,23-25,27-43H2,1-2H3,(H,48,51)/b9-7-,15-13-,26-22-. The third-order valence-electron chi connectivity index (χ3n) is 10.1. The first kappa shape index (κ1) is 51.1. The zero-order valence-electron chi connectivity index (χ0n) is 35.0. The van der Waals surface area contributed by atoms with E-state index in [1.54, 1.807) is 0 Å². The van der Waals surface area contributed by atoms with Gasteiger partial charge in [-0.1, -0.05) is 172 Å². The molecule has 0 aromatic heterocycles. The van der Waals surface area contributed by atoms with Crippen LogP contribution in [0, 0.1) is 0 Å². The normalized spacial score (nSPS) is 13.1. The van der Waals surface area contributed by atoms with Gasteiger partial charge in [-0.3, -0.25) is 9.59 Å². The molecule has 0 aliphatic rings. The second-order valence-electron chi connectivity index (χ2n) is 15.4. The zero-order valence-corrected chi connectivity index (χ0v) is 35.0. The monoisotopic (exact) mass is 746 g/mol. The Morgan fingerprint density at radius 1 is 0.528 bits per heavy atom. The summed E-state index contributed by atoms with van der Waals surface area (Å²) in [5.74, 6) is -0.115. The zero-order chi connectivity index (χ0) is 38.7. The van der Waals surface area contributed by atoms with E-state index < -0.39 is 12.1 Å². The van der Waals surface area contributed by atoms with Crippen LogP contribution >= 0.6 is 0 Å². The molecule has 0 aromatic carbocycles. The van der Waals surface area contributed by atoms with Crippen molar-refractivity contribution >= 4 is 11.9 Å². The molecule has 0 radical (unpaired) electrons. The molecule has 2 atom stereocenters. The quantitative estimate of drug-likeness (QED) is 0.0329. The SMILES string of the molecule is CCC/C=C\C/C=C\CCCCCCCC(=O)OCCCC/C=C\CCCCCCCC(=O)NC(CO)C(O)CCCCCCCCCCCCCC. The number of aliphatic hydroxyl groups is 2. The number of carbonyl (C=O) groups is 2. The third-order valence-corrected chi connectivity index (χ3v) is 10.1. The molecule has 3 N–H and O–H groups in total. The van der Waals surface area contributed by atoms with Gasteiger partial charge in [-0.15, -0.1) is 0 Å². The Hall–Kier alpha value is -1.92. The van der Waals surface area contributed by atoms with Gasteiger partial charge in [0, 0.05) is 12.8 Å². The van der Waals surface area contributed by atoms with Crippen LogP contribution in [0.2, 0.25) is 0 Å². The van der Waals surface area contributed by atoms with E-state index in [0.29, 0.717) is 25.9 Å². The number of carbonyl (C=O) groups excluding carboxylic acids is 2. The van der Waals surface area contributed by atoms with Crippen molar-refractivity contribution in [3.63, 3.8) is 0 Å². The van der Waals surface area contributed by atoms with Crippen molar-refractivity contribution in [3.8, 4) is 0 Å². The predicted molar refractivity (Wildman–Crippen MR) is 227 cm³/mol. The first-order valence-electron chi connectivity index (χ1n) is 22.7. The van der Waals surface area contributed by atoms with Crippen LogP contribution in [0.3, 0.4) is 0 Å². The maximum atomic E-state index is 12.4. The number of nitrogens with one attached hydrogen (secondary N) is 1. The van der Waals surface area contributed by atoms with Crippen LogP contribution in [0.1, 0.15) is 226 Å². The van der Waals surface area contributed by atoms with E-state index in [9.17, 15) is 19.8 Å². The summed E-state index contributed by atoms with van der Waals surface area (Å²) >= 11 is 0. The van der Waals surface area contributed by atoms with E-state index in [4.69, 9.17) is 4.74 Å². The number of amides is 1. The number of esters is 1. The molecule has 1 amide bonds. The van der Waals surface area contributed by atoms with Gasteiger partial charge in [0.15, 0.2) is 0 Å². The summed E-state index contributed by atoms with van der Waals surface area (Å²) < 4.78 is 5.41. The maximum absolute atomic E-state index is 12.4. The average Bonchev–Trinajstić information content (AvgIpc) is 3.16. The molecular weight excluding hydrogens is 659 g/mol. The fourth-order valence-corrected chi connectivity index (χ4v) is 6.61. The van der Waals surface area contributed by atoms with Crippen LogP contribution in [0.4, 0.5) is 0 Å². The summed E-state index contributed by atoms with van der Waals surface area (Å²) in [5, 5.41) is 23.1. The highest BCUT2D eigenvalue weighted by Crippen LogP contribution is 2.15. The Kier molecular flexibility index (Phi) is 41.3. The third kappa shape index (κ3) is 39.6. The van der Waals surface area contributed by atoms with Gasteiger partial charge in [0.1, 0.15) is 0 Å². The molecule has 0 aliphatic heterocycles. The Bertz CT molecular complexity index is 869. The highest BCUT2D eigenvalue weighted by Gasteiger charge is 2.20. The number of allylic oxidation sites excluding steroid dienone is 6. The predicted octanol–water partition coefficient (Wildman–Crippen LogP) is 12.9. The lowest BCUT2D eigenvalue weighted by Gasteiger charge is -2.22. The number of rotatable bonds is 41. The lowest BCUT2D eigenvalue weighted by Crippen LogP contribution is -2.45. The molecule has 0 aliphatic carbocycles. The van der Waals surface area contributed by atoms with Gasteiger partial charge in [0.05, 0.1) is 25.4 Å². The van der Waals surface area contributed by atoms with Gasteiger partial charge in [-0.2, -0.15) is 0 Å². The van der Waals surface area contributed by atoms with Gasteiger partial charge >= 0.3 is 5.97 Å². The number of hydrogen-bond acceptors (Lipinski definition) is 5. The molecular formula is C47H87NO5. The second-order valence-corrected chi connectivity index (χ2v) is 15.4. The van der Waals surface area contributed by atoms with Gasteiger partial charge in [-0.25, -0.2) is 0 Å². The molecule has 0 aromatic rings. The van der Waals surface area contributed by atoms with E-state index in [1.807, 2.05) is 0 Å². The van der Waals surface area contributed by atoms with Crippen molar-refractivity contribution in [3.05, 3.63) is 36.5 Å². The number of unbranched alkanes of at least 4 members (excludes halogenated alkanes) is 24. The fourth-order valence-electron chi connectivity index (χ4n) is 6.61. The van der Waals surface area contributed by atoms with E-state index >= 15 is 0 Å². The minimum atomic E-state index is -0.682. The minimum absolute atomic E-state index is 0.0476. The Balaban J connectivity index is 3.55. The molecule has 0 bridgehead atoms. The van der Waals surface area contributed by atoms with Crippen LogP contribution in [0.15, 0.2) is 36.5 Å². The van der Waals surface area contributed by atoms with Crippen LogP contribution in [0.25, 0.3) is 0 Å². The maximum Gasteiger partial charge on any atom is 0.305 e. The second kappa shape index (κ2) is 42.8. The molecule has 0 saturated carbocycles. The Morgan fingerprint density at radius 3 is 1.53 bits per heavy atom. The molecule has 0 saturated heterocycles. The highest BCUT2D eigenvalue weighted by atomic mass is 16.5. The van der Waals surface area contributed by atoms with Crippen molar-refractivity contribution in [1.29, 1.82) is 0 Å². The van der Waals surface area contributed by atoms with Gasteiger partial charge in [-0.05, 0) is 77.0 Å². The van der Waals surface area contributed by atoms with Gasteiger partial charge < -0.3 is 20.3 Å². The molecule has 0 fully saturated rings. The van der Waals surface area contributed by atoms with E-state index in [1.165, 1.54) is 96.3 Å². The summed E-state index contributed by atoms with van der Waals surface area (Å²) in [5.41, 5.74) is 0. The Labute approximate surface area is 328 Å². The van der Waals surface area contributed by atoms with E-state index in [0.717, 1.165) is 96.3 Å². The first-order valence-corrected chi connectivity index (χ1v) is 22.7. The summed E-state index contributed by atoms with van der Waals surface area (Å²) in [7, 11) is 0. The summed E-state index contributed by atoms with van der Waals surface area (Å²) in [6.07, 6.45) is 49.6.